The van der Waals surface area contributed by atoms with E-state index in [4.69, 9.17) is 0 Å². The van der Waals surface area contributed by atoms with Crippen LogP contribution in [0, 0.1) is 6.92 Å². The molecule has 0 bridgehead atoms. The first-order chi connectivity index (χ1) is 7.36. The Labute approximate surface area is 88.0 Å². The lowest BCUT2D eigenvalue weighted by molar-refractivity contribution is 0.921. The zero-order valence-corrected chi connectivity index (χ0v) is 8.57. The van der Waals surface area contributed by atoms with E-state index >= 15 is 0 Å². The van der Waals surface area contributed by atoms with Crippen molar-refractivity contribution in [3.05, 3.63) is 36.0 Å². The Hall–Kier alpha value is -1.91. The number of anilines is 1. The quantitative estimate of drug-likeness (QED) is 0.782. The number of hydrogen-bond acceptors (Lipinski definition) is 4. The second-order valence-corrected chi connectivity index (χ2v) is 3.31. The van der Waals surface area contributed by atoms with Crippen LogP contribution in [0.5, 0.6) is 0 Å². The van der Waals surface area contributed by atoms with Crippen molar-refractivity contribution in [2.24, 2.45) is 0 Å². The Balaban J connectivity index is 1.86. The highest BCUT2D eigenvalue weighted by atomic mass is 15.1. The van der Waals surface area contributed by atoms with Crippen molar-refractivity contribution >= 4 is 5.82 Å². The first-order valence-corrected chi connectivity index (χ1v) is 4.85. The lowest BCUT2D eigenvalue weighted by atomic mass is 10.3. The van der Waals surface area contributed by atoms with Crippen LogP contribution < -0.4 is 5.32 Å². The van der Waals surface area contributed by atoms with E-state index in [2.05, 4.69) is 25.5 Å². The number of hydrogen-bond donors (Lipinski definition) is 2. The van der Waals surface area contributed by atoms with Gasteiger partial charge in [-0.3, -0.25) is 5.10 Å². The van der Waals surface area contributed by atoms with E-state index in [1.165, 1.54) is 0 Å². The van der Waals surface area contributed by atoms with E-state index in [0.29, 0.717) is 0 Å². The summed E-state index contributed by atoms with van der Waals surface area (Å²) in [6.45, 7) is 2.82. The molecule has 0 atom stereocenters. The van der Waals surface area contributed by atoms with Gasteiger partial charge in [0, 0.05) is 36.6 Å². The number of nitrogens with zero attached hydrogens (tertiary/aromatic N) is 3. The van der Waals surface area contributed by atoms with Gasteiger partial charge in [-0.15, -0.1) is 0 Å². The number of rotatable bonds is 4. The van der Waals surface area contributed by atoms with Gasteiger partial charge in [0.25, 0.3) is 0 Å². The Morgan fingerprint density at radius 2 is 2.40 bits per heavy atom. The summed E-state index contributed by atoms with van der Waals surface area (Å²) >= 11 is 0. The molecule has 0 aliphatic heterocycles. The van der Waals surface area contributed by atoms with E-state index in [0.717, 1.165) is 30.0 Å². The maximum atomic E-state index is 4.15. The molecule has 0 amide bonds. The second-order valence-electron chi connectivity index (χ2n) is 3.31. The van der Waals surface area contributed by atoms with E-state index in [1.807, 2.05) is 13.0 Å². The molecule has 2 rings (SSSR count). The zero-order valence-electron chi connectivity index (χ0n) is 8.57. The van der Waals surface area contributed by atoms with Gasteiger partial charge in [0.15, 0.2) is 0 Å². The molecule has 0 unspecified atom stereocenters. The summed E-state index contributed by atoms with van der Waals surface area (Å²) in [7, 11) is 0. The molecule has 5 heteroatoms. The molecule has 0 spiro atoms. The minimum Gasteiger partial charge on any atom is -0.369 e. The highest BCUT2D eigenvalue weighted by molar-refractivity contribution is 5.40. The van der Waals surface area contributed by atoms with E-state index in [-0.39, 0.29) is 0 Å². The number of aromatic nitrogens is 4. The fraction of sp³-hybridized carbons (Fsp3) is 0.300. The molecule has 0 radical (unpaired) electrons. The van der Waals surface area contributed by atoms with Crippen molar-refractivity contribution in [1.82, 2.24) is 20.2 Å². The van der Waals surface area contributed by atoms with Crippen LogP contribution in [0.15, 0.2) is 24.8 Å². The number of aryl methyl sites for hydroxylation is 1. The van der Waals surface area contributed by atoms with Gasteiger partial charge < -0.3 is 5.32 Å². The van der Waals surface area contributed by atoms with Crippen LogP contribution in [0.1, 0.15) is 11.3 Å². The highest BCUT2D eigenvalue weighted by Gasteiger charge is 1.98. The number of H-pyrrole nitrogens is 1. The standard InChI is InChI=1S/C10H13N5/c1-8-6-11-7-13-10(8)12-4-2-9-3-5-14-15-9/h3,5-7H,2,4H2,1H3,(H,14,15)(H,11,12,13). The zero-order chi connectivity index (χ0) is 10.5. The van der Waals surface area contributed by atoms with Crippen LogP contribution >= 0.6 is 0 Å². The molecule has 2 aromatic rings. The van der Waals surface area contributed by atoms with Crippen molar-refractivity contribution in [2.45, 2.75) is 13.3 Å². The van der Waals surface area contributed by atoms with Crippen molar-refractivity contribution in [1.29, 1.82) is 0 Å². The van der Waals surface area contributed by atoms with E-state index in [1.54, 1.807) is 18.7 Å². The average molecular weight is 203 g/mol. The maximum absolute atomic E-state index is 4.15. The van der Waals surface area contributed by atoms with Crippen LogP contribution in [0.3, 0.4) is 0 Å². The van der Waals surface area contributed by atoms with Gasteiger partial charge in [0.2, 0.25) is 0 Å². The molecular formula is C10H13N5. The summed E-state index contributed by atoms with van der Waals surface area (Å²) in [6, 6.07) is 1.97. The fourth-order valence-electron chi connectivity index (χ4n) is 1.32. The lowest BCUT2D eigenvalue weighted by Gasteiger charge is -2.06. The van der Waals surface area contributed by atoms with Crippen molar-refractivity contribution < 1.29 is 0 Å². The monoisotopic (exact) mass is 203 g/mol. The third-order valence-corrected chi connectivity index (χ3v) is 2.14. The Bertz CT molecular complexity index is 410. The van der Waals surface area contributed by atoms with Gasteiger partial charge in [-0.05, 0) is 13.0 Å². The van der Waals surface area contributed by atoms with Crippen LogP contribution in [0.2, 0.25) is 0 Å². The molecule has 15 heavy (non-hydrogen) atoms. The number of aromatic amines is 1. The molecule has 0 fully saturated rings. The Morgan fingerprint density at radius 3 is 3.13 bits per heavy atom. The second kappa shape index (κ2) is 4.54. The molecule has 78 valence electrons. The van der Waals surface area contributed by atoms with Crippen LogP contribution in [0.4, 0.5) is 5.82 Å². The van der Waals surface area contributed by atoms with Crippen LogP contribution in [-0.4, -0.2) is 26.7 Å². The molecule has 0 saturated heterocycles. The predicted molar refractivity (Wildman–Crippen MR) is 57.6 cm³/mol. The lowest BCUT2D eigenvalue weighted by Crippen LogP contribution is -2.08. The minimum absolute atomic E-state index is 0.833. The molecular weight excluding hydrogens is 190 g/mol. The van der Waals surface area contributed by atoms with Gasteiger partial charge in [0.1, 0.15) is 12.1 Å². The Kier molecular flexibility index (Phi) is 2.92. The molecule has 0 saturated carbocycles. The fourth-order valence-corrected chi connectivity index (χ4v) is 1.32. The summed E-state index contributed by atoms with van der Waals surface area (Å²) in [6.07, 6.45) is 6.01. The van der Waals surface area contributed by atoms with E-state index in [9.17, 15) is 0 Å². The minimum atomic E-state index is 0.833. The predicted octanol–water partition coefficient (Wildman–Crippen LogP) is 1.16. The number of nitrogens with one attached hydrogen (secondary N) is 2. The summed E-state index contributed by atoms with van der Waals surface area (Å²) in [5, 5.41) is 10.1. The maximum Gasteiger partial charge on any atom is 0.132 e. The van der Waals surface area contributed by atoms with Gasteiger partial charge in [-0.25, -0.2) is 9.97 Å². The third-order valence-electron chi connectivity index (χ3n) is 2.14. The van der Waals surface area contributed by atoms with Crippen LogP contribution in [0.25, 0.3) is 0 Å². The molecule has 0 aromatic carbocycles. The van der Waals surface area contributed by atoms with Crippen molar-refractivity contribution in [2.75, 3.05) is 11.9 Å². The molecule has 2 N–H and O–H groups in total. The molecule has 2 aromatic heterocycles. The molecule has 5 nitrogen and oxygen atoms in total. The van der Waals surface area contributed by atoms with Gasteiger partial charge in [-0.2, -0.15) is 5.10 Å². The molecule has 2 heterocycles. The summed E-state index contributed by atoms with van der Waals surface area (Å²) in [5.41, 5.74) is 2.18. The summed E-state index contributed by atoms with van der Waals surface area (Å²) in [5.74, 6) is 0.893. The topological polar surface area (TPSA) is 66.5 Å². The van der Waals surface area contributed by atoms with Crippen LogP contribution in [-0.2, 0) is 6.42 Å². The smallest absolute Gasteiger partial charge is 0.132 e. The Morgan fingerprint density at radius 1 is 1.47 bits per heavy atom. The van der Waals surface area contributed by atoms with Gasteiger partial charge in [-0.1, -0.05) is 0 Å². The largest absolute Gasteiger partial charge is 0.369 e. The molecule has 0 aliphatic carbocycles. The first-order valence-electron chi connectivity index (χ1n) is 4.85. The average Bonchev–Trinajstić information content (AvgIpc) is 2.74. The normalized spacial score (nSPS) is 10.2. The SMILES string of the molecule is Cc1cncnc1NCCc1ccn[nH]1. The highest BCUT2D eigenvalue weighted by Crippen LogP contribution is 2.07. The third kappa shape index (κ3) is 2.52. The van der Waals surface area contributed by atoms with Gasteiger partial charge >= 0.3 is 0 Å². The van der Waals surface area contributed by atoms with E-state index < -0.39 is 0 Å². The molecule has 0 aliphatic rings. The van der Waals surface area contributed by atoms with Crippen molar-refractivity contribution in [3.8, 4) is 0 Å². The van der Waals surface area contributed by atoms with Crippen molar-refractivity contribution in [3.63, 3.8) is 0 Å². The summed E-state index contributed by atoms with van der Waals surface area (Å²) < 4.78 is 0. The van der Waals surface area contributed by atoms with Gasteiger partial charge in [0.05, 0.1) is 0 Å². The summed E-state index contributed by atoms with van der Waals surface area (Å²) in [4.78, 5) is 8.08. The first kappa shape index (κ1) is 9.64.